The molecule has 1 nitrogen and oxygen atoms in total. The van der Waals surface area contributed by atoms with Gasteiger partial charge in [0, 0.05) is 0 Å². The van der Waals surface area contributed by atoms with Crippen molar-refractivity contribution in [3.8, 4) is 0 Å². The molecule has 0 spiro atoms. The quantitative estimate of drug-likeness (QED) is 0.743. The molecule has 0 fully saturated rings. The van der Waals surface area contributed by atoms with Crippen molar-refractivity contribution >= 4 is 6.08 Å². The second-order valence-corrected chi connectivity index (χ2v) is 4.34. The highest BCUT2D eigenvalue weighted by molar-refractivity contribution is 5.56. The summed E-state index contributed by atoms with van der Waals surface area (Å²) in [7, 11) is 0. The maximum atomic E-state index is 3.32. The first-order chi connectivity index (χ1) is 7.65. The number of rotatable bonds is 5. The van der Waals surface area contributed by atoms with Crippen molar-refractivity contribution in [2.24, 2.45) is 0 Å². The number of benzene rings is 1. The van der Waals surface area contributed by atoms with Crippen LogP contribution in [-0.2, 0) is 0 Å². The van der Waals surface area contributed by atoms with Gasteiger partial charge in [-0.2, -0.15) is 0 Å². The molecule has 0 aliphatic heterocycles. The molecule has 1 aromatic rings. The summed E-state index contributed by atoms with van der Waals surface area (Å²) < 4.78 is 0. The van der Waals surface area contributed by atoms with E-state index in [1.807, 2.05) is 0 Å². The predicted octanol–water partition coefficient (Wildman–Crippen LogP) is 3.62. The zero-order valence-electron chi connectivity index (χ0n) is 10.9. The van der Waals surface area contributed by atoms with E-state index in [1.54, 1.807) is 0 Å². The Morgan fingerprint density at radius 3 is 2.44 bits per heavy atom. The van der Waals surface area contributed by atoms with Gasteiger partial charge in [-0.25, -0.2) is 0 Å². The molecule has 0 unspecified atom stereocenters. The van der Waals surface area contributed by atoms with Crippen LogP contribution in [0.4, 0.5) is 0 Å². The first-order valence-corrected chi connectivity index (χ1v) is 6.10. The predicted molar refractivity (Wildman–Crippen MR) is 72.8 cm³/mol. The highest BCUT2D eigenvalue weighted by atomic mass is 14.8. The molecule has 0 aliphatic carbocycles. The Balaban J connectivity index is 2.63. The first kappa shape index (κ1) is 13.0. The lowest BCUT2D eigenvalue weighted by atomic mass is 10.0. The van der Waals surface area contributed by atoms with Crippen LogP contribution in [0.3, 0.4) is 0 Å². The van der Waals surface area contributed by atoms with Crippen molar-refractivity contribution < 1.29 is 0 Å². The number of hydrogen-bond acceptors (Lipinski definition) is 1. The molecule has 0 aromatic heterocycles. The van der Waals surface area contributed by atoms with Crippen molar-refractivity contribution in [1.82, 2.24) is 5.32 Å². The monoisotopic (exact) mass is 217 g/mol. The fraction of sp³-hybridized carbons (Fsp3) is 0.467. The van der Waals surface area contributed by atoms with Crippen LogP contribution >= 0.6 is 0 Å². The average molecular weight is 217 g/mol. The van der Waals surface area contributed by atoms with Gasteiger partial charge in [0.05, 0.1) is 0 Å². The Kier molecular flexibility index (Phi) is 5.27. The van der Waals surface area contributed by atoms with Crippen LogP contribution in [-0.4, -0.2) is 13.1 Å². The van der Waals surface area contributed by atoms with E-state index in [9.17, 15) is 0 Å². The van der Waals surface area contributed by atoms with Gasteiger partial charge in [-0.05, 0) is 62.5 Å². The summed E-state index contributed by atoms with van der Waals surface area (Å²) in [5.41, 5.74) is 5.46. The second-order valence-electron chi connectivity index (χ2n) is 4.34. The van der Waals surface area contributed by atoms with E-state index in [1.165, 1.54) is 22.3 Å². The summed E-state index contributed by atoms with van der Waals surface area (Å²) >= 11 is 0. The van der Waals surface area contributed by atoms with Gasteiger partial charge < -0.3 is 5.32 Å². The molecule has 0 radical (unpaired) electrons. The SMILES string of the molecule is CCNCCC=Cc1cc(C)c(C)cc1C. The van der Waals surface area contributed by atoms with Crippen LogP contribution < -0.4 is 5.32 Å². The van der Waals surface area contributed by atoms with E-state index >= 15 is 0 Å². The maximum absolute atomic E-state index is 3.32. The van der Waals surface area contributed by atoms with Crippen LogP contribution in [0.5, 0.6) is 0 Å². The molecule has 1 heteroatoms. The third kappa shape index (κ3) is 3.82. The van der Waals surface area contributed by atoms with Gasteiger partial charge in [-0.1, -0.05) is 31.2 Å². The smallest absolute Gasteiger partial charge is 0.00143 e. The lowest BCUT2D eigenvalue weighted by molar-refractivity contribution is 0.727. The summed E-state index contributed by atoms with van der Waals surface area (Å²) in [6.45, 7) is 10.8. The van der Waals surface area contributed by atoms with Gasteiger partial charge in [0.1, 0.15) is 0 Å². The van der Waals surface area contributed by atoms with Crippen LogP contribution in [0.15, 0.2) is 18.2 Å². The zero-order valence-corrected chi connectivity index (χ0v) is 10.9. The summed E-state index contributed by atoms with van der Waals surface area (Å²) in [6, 6.07) is 4.54. The highest BCUT2D eigenvalue weighted by Gasteiger charge is 1.98. The van der Waals surface area contributed by atoms with E-state index in [0.717, 1.165) is 19.5 Å². The minimum Gasteiger partial charge on any atom is -0.317 e. The van der Waals surface area contributed by atoms with Gasteiger partial charge in [0.25, 0.3) is 0 Å². The van der Waals surface area contributed by atoms with Crippen LogP contribution in [0.1, 0.15) is 35.6 Å². The second kappa shape index (κ2) is 6.49. The van der Waals surface area contributed by atoms with Crippen LogP contribution in [0, 0.1) is 20.8 Å². The van der Waals surface area contributed by atoms with Crippen molar-refractivity contribution in [1.29, 1.82) is 0 Å². The Labute approximate surface area is 99.6 Å². The summed E-state index contributed by atoms with van der Waals surface area (Å²) in [5, 5.41) is 3.32. The molecule has 16 heavy (non-hydrogen) atoms. The van der Waals surface area contributed by atoms with Crippen LogP contribution in [0.2, 0.25) is 0 Å². The average Bonchev–Trinajstić information content (AvgIpc) is 2.25. The summed E-state index contributed by atoms with van der Waals surface area (Å²) in [4.78, 5) is 0. The molecule has 0 amide bonds. The fourth-order valence-corrected chi connectivity index (χ4v) is 1.73. The third-order valence-corrected chi connectivity index (χ3v) is 2.92. The first-order valence-electron chi connectivity index (χ1n) is 6.10. The van der Waals surface area contributed by atoms with Gasteiger partial charge in [0.2, 0.25) is 0 Å². The molecule has 1 N–H and O–H groups in total. The fourth-order valence-electron chi connectivity index (χ4n) is 1.73. The molecule has 1 aromatic carbocycles. The molecular formula is C15H23N. The molecular weight excluding hydrogens is 194 g/mol. The highest BCUT2D eigenvalue weighted by Crippen LogP contribution is 2.16. The molecule has 0 atom stereocenters. The standard InChI is InChI=1S/C15H23N/c1-5-16-9-7-6-8-15-11-13(3)12(2)10-14(15)4/h6,8,10-11,16H,5,7,9H2,1-4H3. The zero-order chi connectivity index (χ0) is 12.0. The Morgan fingerprint density at radius 1 is 1.06 bits per heavy atom. The maximum Gasteiger partial charge on any atom is -0.00143 e. The van der Waals surface area contributed by atoms with E-state index in [0.29, 0.717) is 0 Å². The summed E-state index contributed by atoms with van der Waals surface area (Å²) in [6.07, 6.45) is 5.58. The van der Waals surface area contributed by atoms with Crippen LogP contribution in [0.25, 0.3) is 6.08 Å². The molecule has 1 rings (SSSR count). The van der Waals surface area contributed by atoms with E-state index in [2.05, 4.69) is 57.3 Å². The van der Waals surface area contributed by atoms with Gasteiger partial charge >= 0.3 is 0 Å². The largest absolute Gasteiger partial charge is 0.317 e. The lowest BCUT2D eigenvalue weighted by Crippen LogP contribution is -2.12. The Morgan fingerprint density at radius 2 is 1.75 bits per heavy atom. The lowest BCUT2D eigenvalue weighted by Gasteiger charge is -2.06. The Hall–Kier alpha value is -1.08. The molecule has 0 aliphatic rings. The minimum atomic E-state index is 1.05. The number of aryl methyl sites for hydroxylation is 3. The Bertz CT molecular complexity index is 364. The number of nitrogens with one attached hydrogen (secondary N) is 1. The van der Waals surface area contributed by atoms with Gasteiger partial charge in [-0.15, -0.1) is 0 Å². The van der Waals surface area contributed by atoms with E-state index < -0.39 is 0 Å². The van der Waals surface area contributed by atoms with E-state index in [4.69, 9.17) is 0 Å². The number of hydrogen-bond donors (Lipinski definition) is 1. The van der Waals surface area contributed by atoms with Gasteiger partial charge in [-0.3, -0.25) is 0 Å². The van der Waals surface area contributed by atoms with E-state index in [-0.39, 0.29) is 0 Å². The minimum absolute atomic E-state index is 1.05. The van der Waals surface area contributed by atoms with Gasteiger partial charge in [0.15, 0.2) is 0 Å². The molecule has 0 saturated carbocycles. The van der Waals surface area contributed by atoms with Crippen molar-refractivity contribution in [2.75, 3.05) is 13.1 Å². The third-order valence-electron chi connectivity index (χ3n) is 2.92. The molecule has 0 saturated heterocycles. The molecule has 88 valence electrons. The van der Waals surface area contributed by atoms with Crippen molar-refractivity contribution in [3.05, 3.63) is 40.5 Å². The topological polar surface area (TPSA) is 12.0 Å². The normalized spacial score (nSPS) is 11.2. The molecule has 0 bridgehead atoms. The summed E-state index contributed by atoms with van der Waals surface area (Å²) in [5.74, 6) is 0. The van der Waals surface area contributed by atoms with Crippen molar-refractivity contribution in [3.63, 3.8) is 0 Å². The molecule has 0 heterocycles. The van der Waals surface area contributed by atoms with Crippen molar-refractivity contribution in [2.45, 2.75) is 34.1 Å².